The zero-order valence-electron chi connectivity index (χ0n) is 13.6. The fourth-order valence-electron chi connectivity index (χ4n) is 2.85. The van der Waals surface area contributed by atoms with Crippen molar-refractivity contribution in [2.75, 3.05) is 13.7 Å². The molecule has 0 aliphatic heterocycles. The number of fused-ring (bicyclic) bond motifs is 1. The highest BCUT2D eigenvalue weighted by molar-refractivity contribution is 5.82. The van der Waals surface area contributed by atoms with Crippen molar-refractivity contribution in [3.8, 4) is 0 Å². The minimum absolute atomic E-state index is 0.258. The molecule has 0 saturated carbocycles. The lowest BCUT2D eigenvalue weighted by molar-refractivity contribution is 0.100. The van der Waals surface area contributed by atoms with Crippen LogP contribution in [0.3, 0.4) is 0 Å². The van der Waals surface area contributed by atoms with Gasteiger partial charge in [0.15, 0.2) is 0 Å². The Morgan fingerprint density at radius 1 is 1.29 bits per heavy atom. The molecule has 1 heterocycles. The molecule has 1 aromatic carbocycles. The summed E-state index contributed by atoms with van der Waals surface area (Å²) in [6, 6.07) is 8.89. The molecule has 0 aliphatic rings. The number of likely N-dealkylation sites (N-methyl/N-ethyl adjacent to an activating group) is 1. The molecule has 4 heteroatoms. The Hall–Kier alpha value is -1.39. The SMILES string of the molecule is CCNC(Cc1nn(CC)c2ccccc12)CC(C)OC. The van der Waals surface area contributed by atoms with Gasteiger partial charge >= 0.3 is 0 Å². The molecule has 0 amide bonds. The number of benzene rings is 1. The van der Waals surface area contributed by atoms with Crippen LogP contribution in [0.4, 0.5) is 0 Å². The largest absolute Gasteiger partial charge is 0.382 e. The summed E-state index contributed by atoms with van der Waals surface area (Å²) in [4.78, 5) is 0. The zero-order chi connectivity index (χ0) is 15.2. The predicted octanol–water partition coefficient (Wildman–Crippen LogP) is 3.00. The van der Waals surface area contributed by atoms with E-state index in [4.69, 9.17) is 9.84 Å². The molecule has 116 valence electrons. The van der Waals surface area contributed by atoms with Crippen LogP contribution in [0.25, 0.3) is 10.9 Å². The van der Waals surface area contributed by atoms with Crippen molar-refractivity contribution < 1.29 is 4.74 Å². The normalized spacial score (nSPS) is 14.5. The van der Waals surface area contributed by atoms with E-state index >= 15 is 0 Å². The summed E-state index contributed by atoms with van der Waals surface area (Å²) in [6.07, 6.45) is 2.20. The molecule has 0 fully saturated rings. The molecule has 0 saturated heterocycles. The highest BCUT2D eigenvalue weighted by Crippen LogP contribution is 2.20. The number of rotatable bonds is 8. The fourth-order valence-corrected chi connectivity index (χ4v) is 2.85. The molecule has 1 aromatic heterocycles. The van der Waals surface area contributed by atoms with Gasteiger partial charge in [0.1, 0.15) is 0 Å². The number of ether oxygens (including phenoxy) is 1. The van der Waals surface area contributed by atoms with Crippen molar-refractivity contribution in [3.63, 3.8) is 0 Å². The van der Waals surface area contributed by atoms with E-state index in [0.29, 0.717) is 6.04 Å². The molecule has 2 rings (SSSR count). The van der Waals surface area contributed by atoms with Gasteiger partial charge < -0.3 is 10.1 Å². The highest BCUT2D eigenvalue weighted by atomic mass is 16.5. The van der Waals surface area contributed by atoms with Crippen LogP contribution in [-0.4, -0.2) is 35.6 Å². The minimum atomic E-state index is 0.258. The van der Waals surface area contributed by atoms with Crippen LogP contribution in [0.1, 0.15) is 32.9 Å². The second kappa shape index (κ2) is 7.57. The van der Waals surface area contributed by atoms with Crippen LogP contribution in [-0.2, 0) is 17.7 Å². The Morgan fingerprint density at radius 3 is 2.71 bits per heavy atom. The van der Waals surface area contributed by atoms with Gasteiger partial charge in [0.2, 0.25) is 0 Å². The summed E-state index contributed by atoms with van der Waals surface area (Å²) in [5.41, 5.74) is 2.41. The van der Waals surface area contributed by atoms with Gasteiger partial charge in [0.05, 0.1) is 17.3 Å². The lowest BCUT2D eigenvalue weighted by atomic mass is 10.0. The lowest BCUT2D eigenvalue weighted by Gasteiger charge is -2.20. The van der Waals surface area contributed by atoms with Gasteiger partial charge in [0, 0.05) is 31.5 Å². The van der Waals surface area contributed by atoms with E-state index in [-0.39, 0.29) is 6.10 Å². The molecule has 2 unspecified atom stereocenters. The topological polar surface area (TPSA) is 39.1 Å². The van der Waals surface area contributed by atoms with Crippen molar-refractivity contribution in [2.24, 2.45) is 0 Å². The molecular formula is C17H27N3O. The average molecular weight is 289 g/mol. The molecule has 2 aromatic rings. The third kappa shape index (κ3) is 3.83. The minimum Gasteiger partial charge on any atom is -0.382 e. The first-order valence-electron chi connectivity index (χ1n) is 7.90. The Kier molecular flexibility index (Phi) is 5.76. The quantitative estimate of drug-likeness (QED) is 0.812. The van der Waals surface area contributed by atoms with Gasteiger partial charge in [-0.3, -0.25) is 4.68 Å². The monoisotopic (exact) mass is 289 g/mol. The van der Waals surface area contributed by atoms with Gasteiger partial charge in [-0.15, -0.1) is 0 Å². The van der Waals surface area contributed by atoms with Crippen LogP contribution >= 0.6 is 0 Å². The number of nitrogens with zero attached hydrogens (tertiary/aromatic N) is 2. The van der Waals surface area contributed by atoms with E-state index in [1.807, 2.05) is 0 Å². The van der Waals surface area contributed by atoms with Crippen LogP contribution in [0, 0.1) is 0 Å². The third-order valence-electron chi connectivity index (χ3n) is 3.99. The second-order valence-corrected chi connectivity index (χ2v) is 5.52. The van der Waals surface area contributed by atoms with E-state index in [1.54, 1.807) is 7.11 Å². The average Bonchev–Trinajstić information content (AvgIpc) is 2.85. The van der Waals surface area contributed by atoms with Crippen molar-refractivity contribution in [3.05, 3.63) is 30.0 Å². The van der Waals surface area contributed by atoms with E-state index in [9.17, 15) is 0 Å². The maximum Gasteiger partial charge on any atom is 0.0718 e. The molecule has 0 aliphatic carbocycles. The zero-order valence-corrected chi connectivity index (χ0v) is 13.6. The maximum atomic E-state index is 5.41. The lowest BCUT2D eigenvalue weighted by Crippen LogP contribution is -2.34. The number of nitrogens with one attached hydrogen (secondary N) is 1. The summed E-state index contributed by atoms with van der Waals surface area (Å²) in [5.74, 6) is 0. The highest BCUT2D eigenvalue weighted by Gasteiger charge is 2.17. The van der Waals surface area contributed by atoms with Gasteiger partial charge in [-0.1, -0.05) is 25.1 Å². The van der Waals surface area contributed by atoms with Gasteiger partial charge in [-0.05, 0) is 32.9 Å². The smallest absolute Gasteiger partial charge is 0.0718 e. The number of aromatic nitrogens is 2. The van der Waals surface area contributed by atoms with Crippen molar-refractivity contribution in [1.82, 2.24) is 15.1 Å². The molecule has 4 nitrogen and oxygen atoms in total. The van der Waals surface area contributed by atoms with E-state index in [2.05, 4.69) is 55.0 Å². The Bertz CT molecular complexity index is 564. The Morgan fingerprint density at radius 2 is 2.05 bits per heavy atom. The Balaban J connectivity index is 2.23. The van der Waals surface area contributed by atoms with Gasteiger partial charge in [0.25, 0.3) is 0 Å². The summed E-state index contributed by atoms with van der Waals surface area (Å²) < 4.78 is 7.50. The van der Waals surface area contributed by atoms with Gasteiger partial charge in [-0.2, -0.15) is 5.10 Å². The fraction of sp³-hybridized carbons (Fsp3) is 0.588. The summed E-state index contributed by atoms with van der Waals surface area (Å²) in [5, 5.41) is 9.63. The van der Waals surface area contributed by atoms with Crippen LogP contribution < -0.4 is 5.32 Å². The first kappa shape index (κ1) is 16.0. The number of hydrogen-bond acceptors (Lipinski definition) is 3. The molecule has 0 radical (unpaired) electrons. The third-order valence-corrected chi connectivity index (χ3v) is 3.99. The van der Waals surface area contributed by atoms with E-state index in [1.165, 1.54) is 16.6 Å². The van der Waals surface area contributed by atoms with E-state index in [0.717, 1.165) is 25.9 Å². The number of hydrogen-bond donors (Lipinski definition) is 1. The molecular weight excluding hydrogens is 262 g/mol. The van der Waals surface area contributed by atoms with Crippen molar-refractivity contribution in [2.45, 2.75) is 52.3 Å². The van der Waals surface area contributed by atoms with Gasteiger partial charge in [-0.25, -0.2) is 0 Å². The first-order valence-corrected chi connectivity index (χ1v) is 7.90. The maximum absolute atomic E-state index is 5.41. The second-order valence-electron chi connectivity index (χ2n) is 5.52. The summed E-state index contributed by atoms with van der Waals surface area (Å²) in [6.45, 7) is 8.27. The number of methoxy groups -OCH3 is 1. The number of aryl methyl sites for hydroxylation is 1. The predicted molar refractivity (Wildman–Crippen MR) is 87.7 cm³/mol. The molecule has 2 atom stereocenters. The molecule has 21 heavy (non-hydrogen) atoms. The van der Waals surface area contributed by atoms with Crippen molar-refractivity contribution >= 4 is 10.9 Å². The van der Waals surface area contributed by atoms with Crippen LogP contribution in [0.5, 0.6) is 0 Å². The van der Waals surface area contributed by atoms with Crippen LogP contribution in [0.15, 0.2) is 24.3 Å². The molecule has 1 N–H and O–H groups in total. The van der Waals surface area contributed by atoms with Crippen LogP contribution in [0.2, 0.25) is 0 Å². The van der Waals surface area contributed by atoms with Crippen molar-refractivity contribution in [1.29, 1.82) is 0 Å². The standard InChI is InChI=1S/C17H27N3O/c1-5-18-14(11-13(3)21-4)12-16-15-9-7-8-10-17(15)20(6-2)19-16/h7-10,13-14,18H,5-6,11-12H2,1-4H3. The molecule has 0 bridgehead atoms. The first-order chi connectivity index (χ1) is 10.2. The molecule has 0 spiro atoms. The summed E-state index contributed by atoms with van der Waals surface area (Å²) >= 11 is 0. The van der Waals surface area contributed by atoms with E-state index < -0.39 is 0 Å². The summed E-state index contributed by atoms with van der Waals surface area (Å²) in [7, 11) is 1.77. The Labute approximate surface area is 127 Å². The number of para-hydroxylation sites is 1.